The molecule has 0 unspecified atom stereocenters. The van der Waals surface area contributed by atoms with Crippen LogP contribution in [0.3, 0.4) is 0 Å². The number of hydrogen-bond donors (Lipinski definition) is 1. The second-order valence-corrected chi connectivity index (χ2v) is 9.49. The van der Waals surface area contributed by atoms with Crippen molar-refractivity contribution in [1.82, 2.24) is 14.1 Å². The number of ether oxygens (including phenoxy) is 3. The van der Waals surface area contributed by atoms with Gasteiger partial charge in [0.05, 0.1) is 36.1 Å². The molecule has 0 spiro atoms. The van der Waals surface area contributed by atoms with Crippen LogP contribution < -0.4 is 32.0 Å². The largest absolute Gasteiger partial charge is 1.00 e. The van der Waals surface area contributed by atoms with Crippen molar-refractivity contribution < 1.29 is 41.1 Å². The number of carbonyl (C=O) groups excluding carboxylic acids is 1. The fourth-order valence-corrected chi connectivity index (χ4v) is 5.51. The minimum atomic E-state index is -1.86. The molecular weight excluding hydrogens is 500 g/mol. The lowest BCUT2D eigenvalue weighted by molar-refractivity contribution is -0.671. The molecule has 37 heavy (non-hydrogen) atoms. The maximum atomic E-state index is 13.6. The van der Waals surface area contributed by atoms with Crippen LogP contribution >= 0.6 is 0 Å². The smallest absolute Gasteiger partial charge is 0.343 e. The summed E-state index contributed by atoms with van der Waals surface area (Å²) in [5, 5.41) is 12.1. The van der Waals surface area contributed by atoms with Crippen molar-refractivity contribution in [2.45, 2.75) is 38.6 Å². The summed E-state index contributed by atoms with van der Waals surface area (Å²) in [4.78, 5) is 31.0. The fourth-order valence-electron chi connectivity index (χ4n) is 5.51. The Hall–Kier alpha value is -3.89. The zero-order chi connectivity index (χ0) is 24.8. The lowest BCUT2D eigenvalue weighted by Crippen LogP contribution is -3.00. The highest BCUT2D eigenvalue weighted by molar-refractivity contribution is 5.91. The summed E-state index contributed by atoms with van der Waals surface area (Å²) < 4.78 is 22.1. The summed E-state index contributed by atoms with van der Waals surface area (Å²) >= 11 is 0. The maximum absolute atomic E-state index is 13.6. The van der Waals surface area contributed by atoms with Gasteiger partial charge >= 0.3 is 5.97 Å². The Morgan fingerprint density at radius 2 is 1.92 bits per heavy atom. The minimum Gasteiger partial charge on any atom is -1.00 e. The minimum absolute atomic E-state index is 0. The lowest BCUT2D eigenvalue weighted by atomic mass is 9.86. The highest BCUT2D eigenvalue weighted by Gasteiger charge is 2.45. The third kappa shape index (κ3) is 3.22. The second kappa shape index (κ2) is 8.06. The Morgan fingerprint density at radius 1 is 1.14 bits per heavy atom. The van der Waals surface area contributed by atoms with Gasteiger partial charge in [0.15, 0.2) is 17.1 Å². The number of benzene rings is 1. The highest BCUT2D eigenvalue weighted by Crippen LogP contribution is 2.43. The summed E-state index contributed by atoms with van der Waals surface area (Å²) in [5.74, 6) is 0.549. The van der Waals surface area contributed by atoms with Crippen molar-refractivity contribution >= 4 is 16.9 Å². The van der Waals surface area contributed by atoms with E-state index in [1.54, 1.807) is 17.6 Å². The van der Waals surface area contributed by atoms with E-state index in [-0.39, 0.29) is 37.8 Å². The van der Waals surface area contributed by atoms with Crippen molar-refractivity contribution in [2.75, 3.05) is 6.79 Å². The molecule has 11 heteroatoms. The van der Waals surface area contributed by atoms with Gasteiger partial charge < -0.3 is 36.3 Å². The van der Waals surface area contributed by atoms with Gasteiger partial charge in [-0.05, 0) is 18.6 Å². The first-order valence-corrected chi connectivity index (χ1v) is 11.8. The number of esters is 1. The van der Waals surface area contributed by atoms with E-state index in [2.05, 4.69) is 4.57 Å². The molecule has 3 aliphatic rings. The molecule has 1 atom stereocenters. The number of cyclic esters (lactones) is 1. The molecule has 10 nitrogen and oxygen atoms in total. The van der Waals surface area contributed by atoms with Crippen molar-refractivity contribution in [3.8, 4) is 22.9 Å². The van der Waals surface area contributed by atoms with Gasteiger partial charge in [-0.2, -0.15) is 0 Å². The number of rotatable bonds is 3. The lowest BCUT2D eigenvalue weighted by Gasteiger charge is -2.31. The number of nitrogens with zero attached hydrogens (tertiary/aromatic N) is 4. The zero-order valence-electron chi connectivity index (χ0n) is 20.2. The molecule has 190 valence electrons. The highest BCUT2D eigenvalue weighted by atomic mass is 35.5. The summed E-state index contributed by atoms with van der Waals surface area (Å²) in [6, 6.07) is 5.54. The molecule has 0 saturated heterocycles. The van der Waals surface area contributed by atoms with Gasteiger partial charge in [0.25, 0.3) is 5.56 Å². The van der Waals surface area contributed by atoms with Gasteiger partial charge in [0.2, 0.25) is 13.1 Å². The molecule has 3 aliphatic heterocycles. The van der Waals surface area contributed by atoms with Crippen LogP contribution in [0.1, 0.15) is 35.6 Å². The van der Waals surface area contributed by atoms with Gasteiger partial charge in [0, 0.05) is 28.1 Å². The summed E-state index contributed by atoms with van der Waals surface area (Å²) in [6.45, 7) is 2.58. The zero-order valence-corrected chi connectivity index (χ0v) is 20.9. The maximum Gasteiger partial charge on any atom is 0.343 e. The molecule has 0 saturated carbocycles. The van der Waals surface area contributed by atoms with Crippen LogP contribution in [-0.2, 0) is 41.9 Å². The van der Waals surface area contributed by atoms with Crippen LogP contribution in [0.2, 0.25) is 0 Å². The molecule has 0 aliphatic carbocycles. The number of aryl methyl sites for hydroxylation is 1. The van der Waals surface area contributed by atoms with Crippen LogP contribution in [0, 0.1) is 0 Å². The van der Waals surface area contributed by atoms with Crippen LogP contribution in [0.4, 0.5) is 0 Å². The fraction of sp³-hybridized carbons (Fsp3) is 0.308. The van der Waals surface area contributed by atoms with Gasteiger partial charge in [0.1, 0.15) is 25.5 Å². The number of hydrogen-bond acceptors (Lipinski definition) is 7. The van der Waals surface area contributed by atoms with Gasteiger partial charge in [-0.1, -0.05) is 6.92 Å². The summed E-state index contributed by atoms with van der Waals surface area (Å²) in [5.41, 5.74) is 2.35. The van der Waals surface area contributed by atoms with Crippen molar-refractivity contribution in [2.24, 2.45) is 7.05 Å². The number of fused-ring (bicyclic) bond motifs is 6. The molecular formula is C26H23ClN4O6. The molecule has 3 aromatic heterocycles. The van der Waals surface area contributed by atoms with Crippen LogP contribution in [0.15, 0.2) is 41.7 Å². The van der Waals surface area contributed by atoms with Gasteiger partial charge in [-0.25, -0.2) is 18.9 Å². The van der Waals surface area contributed by atoms with E-state index >= 15 is 0 Å². The summed E-state index contributed by atoms with van der Waals surface area (Å²) in [6.07, 6.45) is 6.04. The number of aromatic nitrogens is 4. The molecule has 0 bridgehead atoms. The van der Waals surface area contributed by atoms with E-state index in [0.29, 0.717) is 52.6 Å². The predicted molar refractivity (Wildman–Crippen MR) is 125 cm³/mol. The molecule has 4 aromatic rings. The van der Waals surface area contributed by atoms with E-state index in [9.17, 15) is 14.7 Å². The van der Waals surface area contributed by atoms with Gasteiger partial charge in [-0.3, -0.25) is 4.79 Å². The number of aliphatic hydroxyl groups is 1. The van der Waals surface area contributed by atoms with Crippen molar-refractivity contribution in [3.63, 3.8) is 0 Å². The first kappa shape index (κ1) is 23.5. The molecule has 1 aromatic carbocycles. The Bertz CT molecular complexity index is 1690. The number of pyridine rings is 2. The average molecular weight is 523 g/mol. The second-order valence-electron chi connectivity index (χ2n) is 9.49. The monoisotopic (exact) mass is 522 g/mol. The predicted octanol–water partition coefficient (Wildman–Crippen LogP) is -1.51. The molecule has 1 N–H and O–H groups in total. The van der Waals surface area contributed by atoms with E-state index < -0.39 is 11.6 Å². The normalized spacial score (nSPS) is 18.7. The Labute approximate surface area is 217 Å². The quantitative estimate of drug-likeness (QED) is 0.227. The summed E-state index contributed by atoms with van der Waals surface area (Å²) in [7, 11) is 1.96. The van der Waals surface area contributed by atoms with E-state index in [4.69, 9.17) is 19.2 Å². The molecule has 0 fully saturated rings. The van der Waals surface area contributed by atoms with Crippen LogP contribution in [-0.4, -0.2) is 32.0 Å². The van der Waals surface area contributed by atoms with E-state index in [0.717, 1.165) is 16.5 Å². The Morgan fingerprint density at radius 3 is 2.65 bits per heavy atom. The Balaban J connectivity index is 0.00000252. The van der Waals surface area contributed by atoms with Crippen LogP contribution in [0.5, 0.6) is 11.5 Å². The van der Waals surface area contributed by atoms with Crippen molar-refractivity contribution in [3.05, 3.63) is 69.5 Å². The molecule has 0 radical (unpaired) electrons. The standard InChI is InChI=1S/C26H23N4O6.ClH/c1-3-26(33)18-7-20-23-16(10-30(20)24(31)17(18)11-34-25(26)32)15(9-29-5-4-28(2)12-29)14-6-21-22(36-13-35-21)8-19(14)27-23;/h4-8,12,33H,3,9-11,13H2,1-2H3;1H/q+1;/p-1/t26-;/m0./s1. The average Bonchev–Trinajstić information content (AvgIpc) is 3.59. The third-order valence-electron chi connectivity index (χ3n) is 7.46. The molecule has 6 heterocycles. The molecule has 0 amide bonds. The van der Waals surface area contributed by atoms with Crippen molar-refractivity contribution in [1.29, 1.82) is 0 Å². The van der Waals surface area contributed by atoms with E-state index in [1.807, 2.05) is 42.5 Å². The number of carbonyl (C=O) groups is 1. The number of imidazole rings is 1. The third-order valence-corrected chi connectivity index (χ3v) is 7.46. The first-order valence-electron chi connectivity index (χ1n) is 11.8. The first-order chi connectivity index (χ1) is 17.4. The van der Waals surface area contributed by atoms with Gasteiger partial charge in [-0.15, -0.1) is 0 Å². The van der Waals surface area contributed by atoms with Crippen LogP contribution in [0.25, 0.3) is 22.3 Å². The topological polar surface area (TPSA) is 109 Å². The SMILES string of the molecule is CC[C@@]1(O)C(=O)OCc2c1cc1n(c2=O)Cc2c-1nc1cc3c(cc1c2Cn1cc[n+](C)c1)OCO3.[Cl-]. The molecule has 7 rings (SSSR count). The van der Waals surface area contributed by atoms with E-state index in [1.165, 1.54) is 0 Å². The number of halogens is 1. The Kier molecular flexibility index (Phi) is 5.12.